The van der Waals surface area contributed by atoms with E-state index in [1.807, 2.05) is 55.4 Å². The lowest BCUT2D eigenvalue weighted by Gasteiger charge is -2.62. The fourth-order valence-corrected chi connectivity index (χ4v) is 9.62. The number of amides is 2. The smallest absolute Gasteiger partial charge is 0.251 e. The number of nitrogens with zero attached hydrogens (tertiary/aromatic N) is 2. The largest absolute Gasteiger partial charge is 0.496 e. The van der Waals surface area contributed by atoms with Gasteiger partial charge in [-0.25, -0.2) is 0 Å². The number of piperidine rings is 1. The van der Waals surface area contributed by atoms with Gasteiger partial charge in [-0.1, -0.05) is 45.4 Å². The van der Waals surface area contributed by atoms with E-state index in [0.29, 0.717) is 41.7 Å². The van der Waals surface area contributed by atoms with Crippen LogP contribution in [0.5, 0.6) is 5.75 Å². The van der Waals surface area contributed by atoms with Crippen molar-refractivity contribution in [3.8, 4) is 16.9 Å². The molecule has 7 rings (SSSR count). The Morgan fingerprint density at radius 3 is 2.60 bits per heavy atom. The summed E-state index contributed by atoms with van der Waals surface area (Å²) in [5.41, 5.74) is 4.13. The first-order chi connectivity index (χ1) is 24.8. The van der Waals surface area contributed by atoms with Crippen molar-refractivity contribution in [1.29, 1.82) is 0 Å². The number of aliphatic hydroxyl groups excluding tert-OH is 2. The molecule has 2 amide bonds. The molecule has 286 valence electrons. The first kappa shape index (κ1) is 38.5. The second-order valence-electron chi connectivity index (χ2n) is 16.6. The number of carbonyl (C=O) groups is 2. The molecule has 2 bridgehead atoms. The summed E-state index contributed by atoms with van der Waals surface area (Å²) in [5, 5.41) is 32.9. The number of hydroxylamine groups is 2. The summed E-state index contributed by atoms with van der Waals surface area (Å²) in [7, 11) is 5.52. The van der Waals surface area contributed by atoms with Gasteiger partial charge in [-0.3, -0.25) is 14.4 Å². The summed E-state index contributed by atoms with van der Waals surface area (Å²) >= 11 is 0. The van der Waals surface area contributed by atoms with E-state index < -0.39 is 24.2 Å². The average Bonchev–Trinajstić information content (AvgIpc) is 3.51. The molecule has 11 heteroatoms. The van der Waals surface area contributed by atoms with Gasteiger partial charge in [0, 0.05) is 61.0 Å². The van der Waals surface area contributed by atoms with Crippen LogP contribution in [-0.4, -0.2) is 98.3 Å². The van der Waals surface area contributed by atoms with E-state index in [0.717, 1.165) is 48.2 Å². The third-order valence-corrected chi connectivity index (χ3v) is 12.9. The van der Waals surface area contributed by atoms with Gasteiger partial charge < -0.3 is 35.8 Å². The van der Waals surface area contributed by atoms with E-state index >= 15 is 0 Å². The van der Waals surface area contributed by atoms with E-state index in [2.05, 4.69) is 36.7 Å². The summed E-state index contributed by atoms with van der Waals surface area (Å²) < 4.78 is 6.07. The summed E-state index contributed by atoms with van der Waals surface area (Å²) in [5.74, 6) is 1.14. The van der Waals surface area contributed by atoms with Crippen molar-refractivity contribution in [3.63, 3.8) is 0 Å². The van der Waals surface area contributed by atoms with Crippen LogP contribution in [0.3, 0.4) is 0 Å². The summed E-state index contributed by atoms with van der Waals surface area (Å²) in [6.07, 6.45) is 4.98. The molecule has 3 saturated carbocycles. The number of ether oxygens (including phenoxy) is 1. The summed E-state index contributed by atoms with van der Waals surface area (Å²) in [6.45, 7) is 10.1. The molecule has 2 saturated heterocycles. The SMILES string of the molecule is COc1c(CN2O[C@@H](CO)[C@H]([C@H](C)O)[C@H]2C(=O)N[C@H]2C[C@H]3C[C@@H]([C@@H]2C)C3(C)C)cccc1-c1cc(C(=O)NCCC2CCCCN2)cc(N(C)C)c1. The van der Waals surface area contributed by atoms with E-state index in [1.165, 1.54) is 19.3 Å². The van der Waals surface area contributed by atoms with E-state index in [1.54, 1.807) is 19.1 Å². The Labute approximate surface area is 309 Å². The number of carbonyl (C=O) groups excluding carboxylic acids is 2. The fraction of sp³-hybridized carbons (Fsp3) is 0.659. The van der Waals surface area contributed by atoms with Crippen LogP contribution in [0, 0.1) is 29.1 Å². The zero-order valence-corrected chi connectivity index (χ0v) is 32.2. The van der Waals surface area contributed by atoms with Crippen LogP contribution < -0.4 is 25.6 Å². The molecule has 2 aromatic rings. The van der Waals surface area contributed by atoms with Crippen molar-refractivity contribution in [1.82, 2.24) is 21.0 Å². The maximum Gasteiger partial charge on any atom is 0.251 e. The molecule has 2 heterocycles. The maximum absolute atomic E-state index is 14.2. The van der Waals surface area contributed by atoms with Crippen LogP contribution in [0.2, 0.25) is 0 Å². The Morgan fingerprint density at radius 1 is 1.17 bits per heavy atom. The number of methoxy groups -OCH3 is 1. The molecule has 3 aliphatic carbocycles. The molecule has 5 N–H and O–H groups in total. The molecular formula is C41H61N5O6. The monoisotopic (exact) mass is 719 g/mol. The standard InChI is InChI=1S/C41H61N5O6/c1-24-33-20-29(41(33,3)4)21-34(24)44-40(50)37-36(25(2)48)35(23-47)52-46(37)22-26-11-10-13-32(38(26)51-7)27-17-28(19-31(18-27)45(5)6)39(49)43-16-14-30-12-8-9-15-42-30/h10-11,13,17-19,24-25,29-30,33-37,42,47-48H,8-9,12,14-16,20-23H2,1-7H3,(H,43,49)(H,44,50)/t24-,25-,29+,30?,33-,34-,35-,36-,37-/m0/s1. The molecule has 2 aromatic carbocycles. The van der Waals surface area contributed by atoms with Gasteiger partial charge in [0.2, 0.25) is 5.91 Å². The van der Waals surface area contributed by atoms with Crippen LogP contribution in [0.15, 0.2) is 36.4 Å². The second kappa shape index (κ2) is 16.0. The summed E-state index contributed by atoms with van der Waals surface area (Å²) in [4.78, 5) is 36.0. The molecule has 2 aliphatic heterocycles. The molecule has 0 spiro atoms. The molecular weight excluding hydrogens is 658 g/mol. The van der Waals surface area contributed by atoms with Crippen molar-refractivity contribution in [2.75, 3.05) is 45.8 Å². The minimum atomic E-state index is -0.889. The van der Waals surface area contributed by atoms with Gasteiger partial charge >= 0.3 is 0 Å². The molecule has 11 nitrogen and oxygen atoms in total. The van der Waals surface area contributed by atoms with Crippen molar-refractivity contribution in [3.05, 3.63) is 47.5 Å². The number of nitrogens with one attached hydrogen (secondary N) is 3. The Hall–Kier alpha value is -3.22. The number of para-hydroxylation sites is 1. The molecule has 0 aromatic heterocycles. The molecule has 0 radical (unpaired) electrons. The van der Waals surface area contributed by atoms with E-state index in [4.69, 9.17) is 9.57 Å². The zero-order valence-electron chi connectivity index (χ0n) is 32.2. The third kappa shape index (κ3) is 7.71. The maximum atomic E-state index is 14.2. The lowest BCUT2D eigenvalue weighted by Crippen LogP contribution is -2.62. The lowest BCUT2D eigenvalue weighted by molar-refractivity contribution is -0.183. The van der Waals surface area contributed by atoms with Crippen LogP contribution in [0.25, 0.3) is 11.1 Å². The van der Waals surface area contributed by atoms with Crippen molar-refractivity contribution in [2.24, 2.45) is 29.1 Å². The summed E-state index contributed by atoms with van der Waals surface area (Å²) in [6, 6.07) is 11.3. The molecule has 5 fully saturated rings. The fourth-order valence-electron chi connectivity index (χ4n) is 9.62. The first-order valence-electron chi connectivity index (χ1n) is 19.4. The second-order valence-corrected chi connectivity index (χ2v) is 16.6. The Morgan fingerprint density at radius 2 is 1.96 bits per heavy atom. The highest BCUT2D eigenvalue weighted by Crippen LogP contribution is 2.61. The molecule has 9 atom stereocenters. The number of anilines is 1. The van der Waals surface area contributed by atoms with Crippen LogP contribution in [-0.2, 0) is 16.2 Å². The van der Waals surface area contributed by atoms with Gasteiger partial charge in [0.15, 0.2) is 0 Å². The van der Waals surface area contributed by atoms with Crippen LogP contribution >= 0.6 is 0 Å². The van der Waals surface area contributed by atoms with E-state index in [-0.39, 0.29) is 36.4 Å². The minimum Gasteiger partial charge on any atom is -0.496 e. The zero-order chi connectivity index (χ0) is 37.3. The van der Waals surface area contributed by atoms with Gasteiger partial charge in [-0.15, -0.1) is 0 Å². The highest BCUT2D eigenvalue weighted by molar-refractivity contribution is 5.97. The number of benzene rings is 2. The lowest BCUT2D eigenvalue weighted by atomic mass is 9.45. The molecule has 52 heavy (non-hydrogen) atoms. The van der Waals surface area contributed by atoms with Crippen LogP contribution in [0.4, 0.5) is 5.69 Å². The van der Waals surface area contributed by atoms with Gasteiger partial charge in [0.05, 0.1) is 26.4 Å². The topological polar surface area (TPSA) is 136 Å². The predicted molar refractivity (Wildman–Crippen MR) is 203 cm³/mol. The number of hydrogen-bond donors (Lipinski definition) is 5. The Bertz CT molecular complexity index is 1570. The Kier molecular flexibility index (Phi) is 11.9. The molecule has 5 aliphatic rings. The number of aliphatic hydroxyl groups is 2. The van der Waals surface area contributed by atoms with Crippen LogP contribution in [0.1, 0.15) is 82.1 Å². The number of hydrogen-bond acceptors (Lipinski definition) is 9. The van der Waals surface area contributed by atoms with E-state index in [9.17, 15) is 19.8 Å². The third-order valence-electron chi connectivity index (χ3n) is 12.9. The Balaban J connectivity index is 1.25. The van der Waals surface area contributed by atoms with Crippen molar-refractivity contribution >= 4 is 17.5 Å². The normalized spacial score (nSPS) is 30.2. The number of rotatable bonds is 13. The average molecular weight is 720 g/mol. The van der Waals surface area contributed by atoms with Gasteiger partial charge in [-0.2, -0.15) is 5.06 Å². The van der Waals surface area contributed by atoms with Crippen molar-refractivity contribution in [2.45, 2.75) is 103 Å². The molecule has 1 unspecified atom stereocenters. The van der Waals surface area contributed by atoms with Gasteiger partial charge in [0.1, 0.15) is 17.9 Å². The van der Waals surface area contributed by atoms with Gasteiger partial charge in [-0.05, 0) is 92.5 Å². The number of fused-ring (bicyclic) bond motifs is 2. The van der Waals surface area contributed by atoms with Crippen molar-refractivity contribution < 1.29 is 29.4 Å². The predicted octanol–water partition coefficient (Wildman–Crippen LogP) is 4.35. The minimum absolute atomic E-state index is 0.0473. The first-order valence-corrected chi connectivity index (χ1v) is 19.4. The highest BCUT2D eigenvalue weighted by atomic mass is 16.7. The van der Waals surface area contributed by atoms with Gasteiger partial charge in [0.25, 0.3) is 5.91 Å². The highest BCUT2D eigenvalue weighted by Gasteiger charge is 2.57. The quantitative estimate of drug-likeness (QED) is 0.205.